The van der Waals surface area contributed by atoms with E-state index in [2.05, 4.69) is 22.0 Å². The van der Waals surface area contributed by atoms with Gasteiger partial charge in [-0.2, -0.15) is 11.8 Å². The lowest BCUT2D eigenvalue weighted by molar-refractivity contribution is 0.200. The molecule has 0 aliphatic heterocycles. The highest BCUT2D eigenvalue weighted by molar-refractivity contribution is 9.10. The first-order chi connectivity index (χ1) is 7.25. The molecule has 2 N–H and O–H groups in total. The molecular formula is C11H16BrNOS. The molecule has 0 unspecified atom stereocenters. The van der Waals surface area contributed by atoms with E-state index in [4.69, 9.17) is 10.5 Å². The second-order valence-corrected chi connectivity index (χ2v) is 5.12. The third-order valence-corrected chi connectivity index (χ3v) is 4.06. The summed E-state index contributed by atoms with van der Waals surface area (Å²) in [5.74, 6) is 2.12. The summed E-state index contributed by atoms with van der Waals surface area (Å²) in [5.41, 5.74) is 7.87. The Bertz CT molecular complexity index is 307. The number of ether oxygens (including phenoxy) is 1. The molecule has 84 valence electrons. The number of benzene rings is 1. The predicted molar refractivity (Wildman–Crippen MR) is 71.2 cm³/mol. The fourth-order valence-corrected chi connectivity index (χ4v) is 2.72. The maximum atomic E-state index is 5.80. The average Bonchev–Trinajstić information content (AvgIpc) is 2.24. The number of methoxy groups -OCH3 is 1. The van der Waals surface area contributed by atoms with E-state index < -0.39 is 0 Å². The van der Waals surface area contributed by atoms with E-state index in [0.29, 0.717) is 0 Å². The van der Waals surface area contributed by atoms with Crippen LogP contribution < -0.4 is 5.73 Å². The molecule has 0 aliphatic carbocycles. The average molecular weight is 290 g/mol. The van der Waals surface area contributed by atoms with Gasteiger partial charge < -0.3 is 10.5 Å². The lowest BCUT2D eigenvalue weighted by atomic mass is 10.2. The monoisotopic (exact) mass is 289 g/mol. The molecule has 0 radical (unpaired) electrons. The Labute approximate surface area is 104 Å². The Balaban J connectivity index is 2.34. The van der Waals surface area contributed by atoms with Gasteiger partial charge in [0.2, 0.25) is 0 Å². The normalized spacial score (nSPS) is 10.5. The molecule has 0 fully saturated rings. The van der Waals surface area contributed by atoms with Gasteiger partial charge in [0.25, 0.3) is 0 Å². The van der Waals surface area contributed by atoms with Gasteiger partial charge in [0.15, 0.2) is 0 Å². The first kappa shape index (κ1) is 12.9. The van der Waals surface area contributed by atoms with E-state index in [1.807, 2.05) is 23.9 Å². The fourth-order valence-electron chi connectivity index (χ4n) is 1.20. The van der Waals surface area contributed by atoms with Crippen LogP contribution >= 0.6 is 27.7 Å². The van der Waals surface area contributed by atoms with Gasteiger partial charge in [-0.25, -0.2) is 0 Å². The van der Waals surface area contributed by atoms with Crippen molar-refractivity contribution in [2.45, 2.75) is 12.2 Å². The highest BCUT2D eigenvalue weighted by Gasteiger charge is 2.02. The van der Waals surface area contributed by atoms with Gasteiger partial charge >= 0.3 is 0 Å². The Kier molecular flexibility index (Phi) is 6.13. The van der Waals surface area contributed by atoms with Crippen molar-refractivity contribution in [2.75, 3.05) is 25.2 Å². The van der Waals surface area contributed by atoms with Crippen LogP contribution in [0.5, 0.6) is 0 Å². The molecule has 2 nitrogen and oxygen atoms in total. The Morgan fingerprint density at radius 1 is 1.47 bits per heavy atom. The van der Waals surface area contributed by atoms with Crippen LogP contribution in [0.15, 0.2) is 22.7 Å². The van der Waals surface area contributed by atoms with E-state index in [1.54, 1.807) is 7.11 Å². The third-order valence-electron chi connectivity index (χ3n) is 2.00. The molecule has 15 heavy (non-hydrogen) atoms. The zero-order chi connectivity index (χ0) is 11.1. The number of thioether (sulfide) groups is 1. The fraction of sp³-hybridized carbons (Fsp3) is 0.455. The smallest absolute Gasteiger partial charge is 0.0470 e. The summed E-state index contributed by atoms with van der Waals surface area (Å²) in [6.07, 6.45) is 1.10. The predicted octanol–water partition coefficient (Wildman–Crippen LogP) is 3.30. The van der Waals surface area contributed by atoms with Crippen LogP contribution in [0.1, 0.15) is 12.0 Å². The maximum Gasteiger partial charge on any atom is 0.0470 e. The number of anilines is 1. The molecule has 0 amide bonds. The second kappa shape index (κ2) is 7.14. The number of rotatable bonds is 6. The molecule has 0 aromatic heterocycles. The van der Waals surface area contributed by atoms with Gasteiger partial charge in [-0.05, 0) is 39.7 Å². The van der Waals surface area contributed by atoms with Crippen molar-refractivity contribution in [3.8, 4) is 0 Å². The molecule has 1 aromatic carbocycles. The van der Waals surface area contributed by atoms with Crippen molar-refractivity contribution in [3.05, 3.63) is 28.2 Å². The Hall–Kier alpha value is -0.190. The standard InChI is InChI=1S/C11H16BrNOS/c1-14-6-3-7-15-8-9-4-2-5-10(13)11(9)12/h2,4-5H,3,6-8,13H2,1H3. The van der Waals surface area contributed by atoms with Crippen LogP contribution in [-0.2, 0) is 10.5 Å². The van der Waals surface area contributed by atoms with Crippen molar-refractivity contribution in [1.29, 1.82) is 0 Å². The van der Waals surface area contributed by atoms with Crippen LogP contribution in [0, 0.1) is 0 Å². The van der Waals surface area contributed by atoms with Gasteiger partial charge in [-0.1, -0.05) is 12.1 Å². The summed E-state index contributed by atoms with van der Waals surface area (Å²) in [4.78, 5) is 0. The molecule has 0 heterocycles. The molecule has 0 atom stereocenters. The summed E-state index contributed by atoms with van der Waals surface area (Å²) < 4.78 is 6.03. The van der Waals surface area contributed by atoms with Crippen LogP contribution in [-0.4, -0.2) is 19.5 Å². The van der Waals surface area contributed by atoms with E-state index >= 15 is 0 Å². The molecular weight excluding hydrogens is 274 g/mol. The highest BCUT2D eigenvalue weighted by atomic mass is 79.9. The number of nitrogens with two attached hydrogens (primary N) is 1. The van der Waals surface area contributed by atoms with Crippen molar-refractivity contribution >= 4 is 33.4 Å². The van der Waals surface area contributed by atoms with Gasteiger partial charge in [-0.3, -0.25) is 0 Å². The zero-order valence-corrected chi connectivity index (χ0v) is 11.2. The van der Waals surface area contributed by atoms with Crippen LogP contribution in [0.4, 0.5) is 5.69 Å². The van der Waals surface area contributed by atoms with Crippen LogP contribution in [0.3, 0.4) is 0 Å². The van der Waals surface area contributed by atoms with E-state index in [9.17, 15) is 0 Å². The first-order valence-electron chi connectivity index (χ1n) is 4.85. The van der Waals surface area contributed by atoms with Gasteiger partial charge in [0, 0.05) is 29.6 Å². The SMILES string of the molecule is COCCCSCc1cccc(N)c1Br. The molecule has 4 heteroatoms. The van der Waals surface area contributed by atoms with Gasteiger partial charge in [0.1, 0.15) is 0 Å². The minimum atomic E-state index is 0.810. The van der Waals surface area contributed by atoms with Crippen LogP contribution in [0.25, 0.3) is 0 Å². The van der Waals surface area contributed by atoms with E-state index in [0.717, 1.165) is 34.7 Å². The van der Waals surface area contributed by atoms with Crippen molar-refractivity contribution in [3.63, 3.8) is 0 Å². The molecule has 1 rings (SSSR count). The minimum Gasteiger partial charge on any atom is -0.398 e. The molecule has 0 aliphatic rings. The minimum absolute atomic E-state index is 0.810. The van der Waals surface area contributed by atoms with Crippen molar-refractivity contribution in [2.24, 2.45) is 0 Å². The second-order valence-electron chi connectivity index (χ2n) is 3.22. The molecule has 0 bridgehead atoms. The highest BCUT2D eigenvalue weighted by Crippen LogP contribution is 2.27. The molecule has 1 aromatic rings. The quantitative estimate of drug-likeness (QED) is 0.645. The van der Waals surface area contributed by atoms with E-state index in [-0.39, 0.29) is 0 Å². The first-order valence-corrected chi connectivity index (χ1v) is 6.80. The number of hydrogen-bond acceptors (Lipinski definition) is 3. The Morgan fingerprint density at radius 2 is 2.27 bits per heavy atom. The van der Waals surface area contributed by atoms with Gasteiger partial charge in [-0.15, -0.1) is 0 Å². The van der Waals surface area contributed by atoms with Gasteiger partial charge in [0.05, 0.1) is 0 Å². The molecule has 0 spiro atoms. The Morgan fingerprint density at radius 3 is 3.00 bits per heavy atom. The lowest BCUT2D eigenvalue weighted by Crippen LogP contribution is -1.93. The number of hydrogen-bond donors (Lipinski definition) is 1. The largest absolute Gasteiger partial charge is 0.398 e. The summed E-state index contributed by atoms with van der Waals surface area (Å²) in [6.45, 7) is 0.838. The number of halogens is 1. The zero-order valence-electron chi connectivity index (χ0n) is 8.83. The van der Waals surface area contributed by atoms with Crippen LogP contribution in [0.2, 0.25) is 0 Å². The lowest BCUT2D eigenvalue weighted by Gasteiger charge is -2.06. The summed E-state index contributed by atoms with van der Waals surface area (Å²) >= 11 is 5.40. The summed E-state index contributed by atoms with van der Waals surface area (Å²) in [6, 6.07) is 6.00. The summed E-state index contributed by atoms with van der Waals surface area (Å²) in [7, 11) is 1.74. The van der Waals surface area contributed by atoms with Crippen molar-refractivity contribution < 1.29 is 4.74 Å². The maximum absolute atomic E-state index is 5.80. The van der Waals surface area contributed by atoms with Crippen molar-refractivity contribution in [1.82, 2.24) is 0 Å². The number of nitrogen functional groups attached to an aromatic ring is 1. The third kappa shape index (κ3) is 4.45. The molecule has 0 saturated carbocycles. The van der Waals surface area contributed by atoms with E-state index in [1.165, 1.54) is 5.56 Å². The topological polar surface area (TPSA) is 35.2 Å². The summed E-state index contributed by atoms with van der Waals surface area (Å²) in [5, 5.41) is 0. The molecule has 0 saturated heterocycles.